The largest absolute Gasteiger partial charge is 0.494 e. The lowest BCUT2D eigenvalue weighted by molar-refractivity contribution is 0.386. The van der Waals surface area contributed by atoms with Crippen LogP contribution >= 0.6 is 11.6 Å². The second-order valence-electron chi connectivity index (χ2n) is 3.68. The minimum Gasteiger partial charge on any atom is -0.494 e. The summed E-state index contributed by atoms with van der Waals surface area (Å²) in [6.07, 6.45) is 3.20. The van der Waals surface area contributed by atoms with E-state index in [2.05, 4.69) is 10.3 Å². The number of hydrogen-bond acceptors (Lipinski definition) is 3. The molecule has 0 radical (unpaired) electrons. The molecule has 0 aliphatic rings. The van der Waals surface area contributed by atoms with Crippen molar-refractivity contribution in [3.05, 3.63) is 53.1 Å². The molecule has 1 heterocycles. The predicted octanol–water partition coefficient (Wildman–Crippen LogP) is 3.49. The Labute approximate surface area is 110 Å². The van der Waals surface area contributed by atoms with Crippen LogP contribution in [0.4, 0.5) is 10.1 Å². The van der Waals surface area contributed by atoms with Crippen LogP contribution < -0.4 is 10.1 Å². The standard InChI is InChI=1S/C13H12ClFN2O/c1-18-13-3-2-9(6-11(13)15)7-17-12-4-5-16-8-10(12)14/h2-6,8H,7H2,1H3,(H,16,17). The van der Waals surface area contributed by atoms with E-state index in [0.29, 0.717) is 11.6 Å². The van der Waals surface area contributed by atoms with Gasteiger partial charge in [0.15, 0.2) is 11.6 Å². The molecule has 0 fully saturated rings. The number of anilines is 1. The molecule has 0 atom stereocenters. The number of ether oxygens (including phenoxy) is 1. The molecule has 5 heteroatoms. The van der Waals surface area contributed by atoms with E-state index < -0.39 is 0 Å². The van der Waals surface area contributed by atoms with Gasteiger partial charge >= 0.3 is 0 Å². The van der Waals surface area contributed by atoms with E-state index in [1.54, 1.807) is 30.6 Å². The average molecular weight is 267 g/mol. The zero-order valence-corrected chi connectivity index (χ0v) is 10.5. The maximum atomic E-state index is 13.5. The number of hydrogen-bond donors (Lipinski definition) is 1. The van der Waals surface area contributed by atoms with Crippen LogP contribution in [-0.4, -0.2) is 12.1 Å². The molecule has 0 amide bonds. The van der Waals surface area contributed by atoms with Gasteiger partial charge < -0.3 is 10.1 Å². The van der Waals surface area contributed by atoms with Crippen LogP contribution in [0.2, 0.25) is 5.02 Å². The van der Waals surface area contributed by atoms with Crippen molar-refractivity contribution >= 4 is 17.3 Å². The van der Waals surface area contributed by atoms with Crippen molar-refractivity contribution in [2.75, 3.05) is 12.4 Å². The molecule has 2 rings (SSSR count). The summed E-state index contributed by atoms with van der Waals surface area (Å²) in [6, 6.07) is 6.59. The SMILES string of the molecule is COc1ccc(CNc2ccncc2Cl)cc1F. The first kappa shape index (κ1) is 12.6. The normalized spacial score (nSPS) is 10.2. The predicted molar refractivity (Wildman–Crippen MR) is 69.5 cm³/mol. The first-order chi connectivity index (χ1) is 8.70. The summed E-state index contributed by atoms with van der Waals surface area (Å²) in [5, 5.41) is 3.65. The Hall–Kier alpha value is -1.81. The maximum Gasteiger partial charge on any atom is 0.165 e. The Balaban J connectivity index is 2.07. The van der Waals surface area contributed by atoms with Crippen molar-refractivity contribution < 1.29 is 9.13 Å². The highest BCUT2D eigenvalue weighted by molar-refractivity contribution is 6.33. The second kappa shape index (κ2) is 5.69. The van der Waals surface area contributed by atoms with Crippen molar-refractivity contribution in [2.24, 2.45) is 0 Å². The van der Waals surface area contributed by atoms with E-state index in [1.165, 1.54) is 13.2 Å². The van der Waals surface area contributed by atoms with E-state index >= 15 is 0 Å². The molecule has 2 aromatic rings. The number of nitrogens with zero attached hydrogens (tertiary/aromatic N) is 1. The summed E-state index contributed by atoms with van der Waals surface area (Å²) >= 11 is 5.95. The van der Waals surface area contributed by atoms with E-state index in [4.69, 9.17) is 16.3 Å². The number of nitrogens with one attached hydrogen (secondary N) is 1. The highest BCUT2D eigenvalue weighted by Crippen LogP contribution is 2.21. The molecule has 0 saturated carbocycles. The Kier molecular flexibility index (Phi) is 3.99. The summed E-state index contributed by atoms with van der Waals surface area (Å²) in [5.74, 6) is -0.140. The Morgan fingerprint density at radius 1 is 1.39 bits per heavy atom. The highest BCUT2D eigenvalue weighted by atomic mass is 35.5. The van der Waals surface area contributed by atoms with Gasteiger partial charge in [-0.1, -0.05) is 17.7 Å². The molecule has 0 saturated heterocycles. The van der Waals surface area contributed by atoms with Gasteiger partial charge in [-0.05, 0) is 23.8 Å². The number of benzene rings is 1. The lowest BCUT2D eigenvalue weighted by Crippen LogP contribution is -2.01. The fourth-order valence-electron chi connectivity index (χ4n) is 1.54. The quantitative estimate of drug-likeness (QED) is 0.920. The first-order valence-electron chi connectivity index (χ1n) is 5.36. The van der Waals surface area contributed by atoms with Crippen molar-refractivity contribution in [1.82, 2.24) is 4.98 Å². The zero-order chi connectivity index (χ0) is 13.0. The van der Waals surface area contributed by atoms with E-state index in [-0.39, 0.29) is 11.6 Å². The maximum absolute atomic E-state index is 13.5. The number of methoxy groups -OCH3 is 1. The molecule has 0 aliphatic carbocycles. The van der Waals surface area contributed by atoms with Crippen LogP contribution in [0, 0.1) is 5.82 Å². The molecule has 1 N–H and O–H groups in total. The number of rotatable bonds is 4. The third-order valence-corrected chi connectivity index (χ3v) is 2.77. The van der Waals surface area contributed by atoms with Gasteiger partial charge in [0.25, 0.3) is 0 Å². The van der Waals surface area contributed by atoms with Crippen LogP contribution in [0.3, 0.4) is 0 Å². The molecule has 0 unspecified atom stereocenters. The van der Waals surface area contributed by atoms with Gasteiger partial charge in [0.05, 0.1) is 17.8 Å². The summed E-state index contributed by atoms with van der Waals surface area (Å²) < 4.78 is 18.3. The summed E-state index contributed by atoms with van der Waals surface area (Å²) in [4.78, 5) is 3.89. The Morgan fingerprint density at radius 3 is 2.89 bits per heavy atom. The third-order valence-electron chi connectivity index (χ3n) is 2.47. The zero-order valence-electron chi connectivity index (χ0n) is 9.78. The van der Waals surface area contributed by atoms with Gasteiger partial charge in [-0.3, -0.25) is 4.98 Å². The number of aromatic nitrogens is 1. The fourth-order valence-corrected chi connectivity index (χ4v) is 1.72. The van der Waals surface area contributed by atoms with Crippen molar-refractivity contribution in [3.63, 3.8) is 0 Å². The number of halogens is 2. The van der Waals surface area contributed by atoms with Gasteiger partial charge in [-0.15, -0.1) is 0 Å². The monoisotopic (exact) mass is 266 g/mol. The lowest BCUT2D eigenvalue weighted by Gasteiger charge is -2.09. The van der Waals surface area contributed by atoms with Gasteiger partial charge in [-0.2, -0.15) is 0 Å². The van der Waals surface area contributed by atoms with E-state index in [9.17, 15) is 4.39 Å². The molecular weight excluding hydrogens is 255 g/mol. The minimum absolute atomic E-state index is 0.237. The second-order valence-corrected chi connectivity index (χ2v) is 4.09. The lowest BCUT2D eigenvalue weighted by atomic mass is 10.2. The van der Waals surface area contributed by atoms with Crippen molar-refractivity contribution in [2.45, 2.75) is 6.54 Å². The van der Waals surface area contributed by atoms with Crippen molar-refractivity contribution in [3.8, 4) is 5.75 Å². The molecule has 18 heavy (non-hydrogen) atoms. The number of pyridine rings is 1. The van der Waals surface area contributed by atoms with Crippen LogP contribution in [0.1, 0.15) is 5.56 Å². The van der Waals surface area contributed by atoms with Crippen LogP contribution in [0.5, 0.6) is 5.75 Å². The fraction of sp³-hybridized carbons (Fsp3) is 0.154. The van der Waals surface area contributed by atoms with Gasteiger partial charge in [0.1, 0.15) is 0 Å². The molecule has 0 spiro atoms. The topological polar surface area (TPSA) is 34.1 Å². The Morgan fingerprint density at radius 2 is 2.22 bits per heavy atom. The molecule has 0 aliphatic heterocycles. The molecule has 3 nitrogen and oxygen atoms in total. The molecule has 94 valence electrons. The smallest absolute Gasteiger partial charge is 0.165 e. The van der Waals surface area contributed by atoms with E-state index in [1.807, 2.05) is 0 Å². The summed E-state index contributed by atoms with van der Waals surface area (Å²) in [7, 11) is 1.44. The minimum atomic E-state index is -0.377. The van der Waals surface area contributed by atoms with Crippen LogP contribution in [-0.2, 0) is 6.54 Å². The highest BCUT2D eigenvalue weighted by Gasteiger charge is 2.04. The van der Waals surface area contributed by atoms with E-state index in [0.717, 1.165) is 11.3 Å². The Bertz CT molecular complexity index is 548. The van der Waals surface area contributed by atoms with Crippen molar-refractivity contribution in [1.29, 1.82) is 0 Å². The van der Waals surface area contributed by atoms with Crippen LogP contribution in [0.15, 0.2) is 36.7 Å². The van der Waals surface area contributed by atoms with Gasteiger partial charge in [-0.25, -0.2) is 4.39 Å². The molecule has 1 aromatic heterocycles. The van der Waals surface area contributed by atoms with Gasteiger partial charge in [0, 0.05) is 18.9 Å². The summed E-state index contributed by atoms with van der Waals surface area (Å²) in [5.41, 5.74) is 1.57. The third kappa shape index (κ3) is 2.90. The molecular formula is C13H12ClFN2O. The molecule has 0 bridgehead atoms. The molecule has 1 aromatic carbocycles. The first-order valence-corrected chi connectivity index (χ1v) is 5.74. The van der Waals surface area contributed by atoms with Gasteiger partial charge in [0.2, 0.25) is 0 Å². The van der Waals surface area contributed by atoms with Crippen LogP contribution in [0.25, 0.3) is 0 Å². The average Bonchev–Trinajstić information content (AvgIpc) is 2.38. The summed E-state index contributed by atoms with van der Waals surface area (Å²) in [6.45, 7) is 0.477.